The van der Waals surface area contributed by atoms with Crippen molar-refractivity contribution in [1.82, 2.24) is 14.4 Å². The minimum absolute atomic E-state index is 0.0178. The molecule has 0 radical (unpaired) electrons. The van der Waals surface area contributed by atoms with Gasteiger partial charge >= 0.3 is 6.01 Å². The van der Waals surface area contributed by atoms with Gasteiger partial charge in [-0.05, 0) is 61.0 Å². The van der Waals surface area contributed by atoms with Crippen molar-refractivity contribution in [3.05, 3.63) is 72.1 Å². The van der Waals surface area contributed by atoms with Crippen molar-refractivity contribution in [3.63, 3.8) is 0 Å². The van der Waals surface area contributed by atoms with Crippen molar-refractivity contribution < 1.29 is 22.8 Å². The standard InChI is InChI=1S/C20H20N4O5S/c1-14-13-16(29-20-21-11-4-12-22-20)7-10-18(14)23-19(25)15-5-8-17(9-6-15)30(26,27)24(2)28-3/h4-13H,1-3H3,(H,23,25). The quantitative estimate of drug-likeness (QED) is 0.576. The number of carbonyl (C=O) groups is 1. The number of nitrogens with one attached hydrogen (secondary N) is 1. The van der Waals surface area contributed by atoms with Crippen LogP contribution in [0.2, 0.25) is 0 Å². The first kappa shape index (κ1) is 21.4. The van der Waals surface area contributed by atoms with Crippen LogP contribution in [0, 0.1) is 6.92 Å². The minimum Gasteiger partial charge on any atom is -0.424 e. The largest absolute Gasteiger partial charge is 0.424 e. The zero-order valence-corrected chi connectivity index (χ0v) is 17.4. The highest BCUT2D eigenvalue weighted by Gasteiger charge is 2.21. The molecule has 0 unspecified atom stereocenters. The predicted octanol–water partition coefficient (Wildman–Crippen LogP) is 3.01. The van der Waals surface area contributed by atoms with E-state index < -0.39 is 10.0 Å². The van der Waals surface area contributed by atoms with Crippen LogP contribution in [0.4, 0.5) is 5.69 Å². The van der Waals surface area contributed by atoms with Crippen LogP contribution in [0.1, 0.15) is 15.9 Å². The van der Waals surface area contributed by atoms with Crippen LogP contribution in [0.5, 0.6) is 11.8 Å². The summed E-state index contributed by atoms with van der Waals surface area (Å²) in [4.78, 5) is 25.3. The van der Waals surface area contributed by atoms with Gasteiger partial charge in [0.25, 0.3) is 15.9 Å². The molecule has 0 bridgehead atoms. The molecule has 0 aliphatic rings. The van der Waals surface area contributed by atoms with Crippen LogP contribution in [0.3, 0.4) is 0 Å². The van der Waals surface area contributed by atoms with Crippen LogP contribution in [0.25, 0.3) is 0 Å². The van der Waals surface area contributed by atoms with E-state index in [1.807, 2.05) is 6.92 Å². The van der Waals surface area contributed by atoms with Gasteiger partial charge in [0.15, 0.2) is 0 Å². The molecule has 0 spiro atoms. The van der Waals surface area contributed by atoms with Gasteiger partial charge in [-0.15, -0.1) is 0 Å². The Morgan fingerprint density at radius 2 is 1.73 bits per heavy atom. The van der Waals surface area contributed by atoms with E-state index in [0.717, 1.165) is 10.0 Å². The normalized spacial score (nSPS) is 11.3. The van der Waals surface area contributed by atoms with E-state index in [9.17, 15) is 13.2 Å². The molecule has 0 aliphatic carbocycles. The van der Waals surface area contributed by atoms with Gasteiger partial charge in [0, 0.05) is 30.7 Å². The van der Waals surface area contributed by atoms with Crippen LogP contribution in [-0.4, -0.2) is 42.9 Å². The molecular formula is C20H20N4O5S. The van der Waals surface area contributed by atoms with E-state index in [2.05, 4.69) is 15.3 Å². The molecule has 0 fully saturated rings. The van der Waals surface area contributed by atoms with Gasteiger partial charge in [-0.3, -0.25) is 9.63 Å². The fourth-order valence-corrected chi connectivity index (χ4v) is 3.48. The van der Waals surface area contributed by atoms with E-state index in [4.69, 9.17) is 9.57 Å². The molecule has 10 heteroatoms. The summed E-state index contributed by atoms with van der Waals surface area (Å²) in [6.07, 6.45) is 3.15. The number of rotatable bonds is 7. The molecule has 3 aromatic rings. The second kappa shape index (κ2) is 8.99. The Bertz CT molecular complexity index is 1140. The summed E-state index contributed by atoms with van der Waals surface area (Å²) < 4.78 is 30.8. The Kier molecular flexibility index (Phi) is 6.40. The average molecular weight is 428 g/mol. The summed E-state index contributed by atoms with van der Waals surface area (Å²) >= 11 is 0. The molecule has 0 saturated heterocycles. The summed E-state index contributed by atoms with van der Waals surface area (Å²) in [7, 11) is -1.23. The highest BCUT2D eigenvalue weighted by atomic mass is 32.2. The van der Waals surface area contributed by atoms with E-state index in [0.29, 0.717) is 17.0 Å². The third kappa shape index (κ3) is 4.79. The molecule has 30 heavy (non-hydrogen) atoms. The highest BCUT2D eigenvalue weighted by molar-refractivity contribution is 7.89. The molecular weight excluding hydrogens is 408 g/mol. The lowest BCUT2D eigenvalue weighted by Crippen LogP contribution is -2.25. The highest BCUT2D eigenvalue weighted by Crippen LogP contribution is 2.25. The van der Waals surface area contributed by atoms with Gasteiger partial charge < -0.3 is 10.1 Å². The van der Waals surface area contributed by atoms with Crippen LogP contribution in [0.15, 0.2) is 65.8 Å². The number of hydrogen-bond acceptors (Lipinski definition) is 7. The second-order valence-corrected chi connectivity index (χ2v) is 8.12. The number of amides is 1. The maximum Gasteiger partial charge on any atom is 0.321 e. The zero-order valence-electron chi connectivity index (χ0n) is 16.6. The molecule has 2 aromatic carbocycles. The first-order chi connectivity index (χ1) is 14.3. The van der Waals surface area contributed by atoms with Gasteiger partial charge in [0.05, 0.1) is 12.0 Å². The van der Waals surface area contributed by atoms with Gasteiger partial charge in [-0.1, -0.05) is 4.47 Å². The van der Waals surface area contributed by atoms with Crippen LogP contribution < -0.4 is 10.1 Å². The Morgan fingerprint density at radius 1 is 1.07 bits per heavy atom. The number of carbonyl (C=O) groups excluding carboxylic acids is 1. The zero-order chi connectivity index (χ0) is 21.7. The summed E-state index contributed by atoms with van der Waals surface area (Å²) in [5.74, 6) is 0.163. The minimum atomic E-state index is -3.77. The third-order valence-corrected chi connectivity index (χ3v) is 5.90. The number of sulfonamides is 1. The summed E-state index contributed by atoms with van der Waals surface area (Å²) in [6, 6.07) is 12.6. The molecule has 156 valence electrons. The van der Waals surface area contributed by atoms with Gasteiger partial charge in [-0.2, -0.15) is 0 Å². The number of hydroxylamine groups is 1. The maximum atomic E-state index is 12.5. The maximum absolute atomic E-state index is 12.5. The fourth-order valence-electron chi connectivity index (χ4n) is 2.50. The Labute approximate surface area is 174 Å². The molecule has 0 atom stereocenters. The third-order valence-electron chi connectivity index (χ3n) is 4.21. The molecule has 1 amide bonds. The van der Waals surface area contributed by atoms with Crippen molar-refractivity contribution in [2.45, 2.75) is 11.8 Å². The first-order valence-electron chi connectivity index (χ1n) is 8.81. The average Bonchev–Trinajstić information content (AvgIpc) is 2.75. The van der Waals surface area contributed by atoms with Gasteiger partial charge in [0.2, 0.25) is 0 Å². The first-order valence-corrected chi connectivity index (χ1v) is 10.3. The molecule has 0 aliphatic heterocycles. The molecule has 1 N–H and O–H groups in total. The Hall–Kier alpha value is -3.34. The molecule has 0 saturated carbocycles. The van der Waals surface area contributed by atoms with E-state index in [1.165, 1.54) is 38.4 Å². The molecule has 3 rings (SSSR count). The number of aryl methyl sites for hydroxylation is 1. The summed E-state index contributed by atoms with van der Waals surface area (Å²) in [6.45, 7) is 1.82. The van der Waals surface area contributed by atoms with E-state index >= 15 is 0 Å². The number of anilines is 1. The van der Waals surface area contributed by atoms with Crippen molar-refractivity contribution >= 4 is 21.6 Å². The molecule has 1 heterocycles. The van der Waals surface area contributed by atoms with Crippen molar-refractivity contribution in [2.75, 3.05) is 19.5 Å². The fraction of sp³-hybridized carbons (Fsp3) is 0.150. The lowest BCUT2D eigenvalue weighted by Gasteiger charge is -2.14. The number of aromatic nitrogens is 2. The van der Waals surface area contributed by atoms with E-state index in [1.54, 1.807) is 36.7 Å². The van der Waals surface area contributed by atoms with Crippen molar-refractivity contribution in [1.29, 1.82) is 0 Å². The van der Waals surface area contributed by atoms with E-state index in [-0.39, 0.29) is 16.8 Å². The number of nitrogens with zero attached hydrogens (tertiary/aromatic N) is 3. The van der Waals surface area contributed by atoms with Crippen LogP contribution >= 0.6 is 0 Å². The summed E-state index contributed by atoms with van der Waals surface area (Å²) in [5, 5.41) is 2.80. The topological polar surface area (TPSA) is 111 Å². The lowest BCUT2D eigenvalue weighted by atomic mass is 10.1. The van der Waals surface area contributed by atoms with Crippen LogP contribution in [-0.2, 0) is 14.9 Å². The molecule has 9 nitrogen and oxygen atoms in total. The second-order valence-electron chi connectivity index (χ2n) is 6.19. The monoisotopic (exact) mass is 428 g/mol. The van der Waals surface area contributed by atoms with Crippen molar-refractivity contribution in [3.8, 4) is 11.8 Å². The smallest absolute Gasteiger partial charge is 0.321 e. The summed E-state index contributed by atoms with van der Waals surface area (Å²) in [5.41, 5.74) is 1.68. The lowest BCUT2D eigenvalue weighted by molar-refractivity contribution is -0.0258. The van der Waals surface area contributed by atoms with Crippen molar-refractivity contribution in [2.24, 2.45) is 0 Å². The number of benzene rings is 2. The predicted molar refractivity (Wildman–Crippen MR) is 110 cm³/mol. The Balaban J connectivity index is 1.71. The van der Waals surface area contributed by atoms with Gasteiger partial charge in [0.1, 0.15) is 5.75 Å². The number of ether oxygens (including phenoxy) is 1. The molecule has 1 aromatic heterocycles. The van der Waals surface area contributed by atoms with Gasteiger partial charge in [-0.25, -0.2) is 18.4 Å². The SMILES string of the molecule is CON(C)S(=O)(=O)c1ccc(C(=O)Nc2ccc(Oc3ncccn3)cc2C)cc1. The number of hydrogen-bond donors (Lipinski definition) is 1. The Morgan fingerprint density at radius 3 is 2.33 bits per heavy atom.